The van der Waals surface area contributed by atoms with Crippen LogP contribution >= 0.6 is 31.9 Å². The maximum Gasteiger partial charge on any atom is 0.0978 e. The average molecular weight is 444 g/mol. The van der Waals surface area contributed by atoms with Crippen molar-refractivity contribution in [2.75, 3.05) is 0 Å². The van der Waals surface area contributed by atoms with Crippen LogP contribution in [0.15, 0.2) is 74.8 Å². The first kappa shape index (κ1) is 17.0. The van der Waals surface area contributed by atoms with Gasteiger partial charge in [-0.1, -0.05) is 63.0 Å². The number of benzene rings is 2. The molecular weight excluding hydrogens is 428 g/mol. The van der Waals surface area contributed by atoms with Gasteiger partial charge in [0.2, 0.25) is 0 Å². The fraction of sp³-hybridized carbons (Fsp3) is 0.150. The summed E-state index contributed by atoms with van der Waals surface area (Å²) in [6, 6.07) is 18.6. The van der Waals surface area contributed by atoms with E-state index in [0.717, 1.165) is 32.1 Å². The van der Waals surface area contributed by atoms with Crippen molar-refractivity contribution in [2.45, 2.75) is 18.8 Å². The van der Waals surface area contributed by atoms with E-state index in [0.29, 0.717) is 11.3 Å². The van der Waals surface area contributed by atoms with Crippen molar-refractivity contribution in [3.8, 4) is 6.07 Å². The minimum atomic E-state index is -0.434. The molecule has 1 unspecified atom stereocenters. The molecule has 3 rings (SSSR count). The minimum Gasteiger partial charge on any atom is -0.398 e. The summed E-state index contributed by atoms with van der Waals surface area (Å²) < 4.78 is 2.06. The Morgan fingerprint density at radius 2 is 1.54 bits per heavy atom. The van der Waals surface area contributed by atoms with Crippen molar-refractivity contribution in [1.82, 2.24) is 0 Å². The van der Waals surface area contributed by atoms with Crippen molar-refractivity contribution in [3.63, 3.8) is 0 Å². The van der Waals surface area contributed by atoms with Crippen LogP contribution < -0.4 is 5.73 Å². The minimum absolute atomic E-state index is 0.434. The van der Waals surface area contributed by atoms with Crippen LogP contribution in [0.3, 0.4) is 0 Å². The number of hydrogen-bond acceptors (Lipinski definition) is 2. The quantitative estimate of drug-likeness (QED) is 0.647. The number of nitrogens with two attached hydrogens (primary N) is 1. The summed E-state index contributed by atoms with van der Waals surface area (Å²) in [5.74, 6) is 0. The van der Waals surface area contributed by atoms with Gasteiger partial charge in [-0.3, -0.25) is 0 Å². The van der Waals surface area contributed by atoms with Crippen LogP contribution in [-0.2, 0) is 5.41 Å². The van der Waals surface area contributed by atoms with E-state index in [9.17, 15) is 5.26 Å². The lowest BCUT2D eigenvalue weighted by Gasteiger charge is -2.35. The molecule has 0 saturated heterocycles. The third kappa shape index (κ3) is 3.07. The highest BCUT2D eigenvalue weighted by Crippen LogP contribution is 2.44. The lowest BCUT2D eigenvalue weighted by molar-refractivity contribution is 0.578. The summed E-state index contributed by atoms with van der Waals surface area (Å²) >= 11 is 6.94. The summed E-state index contributed by atoms with van der Waals surface area (Å²) in [5.41, 5.74) is 10.4. The van der Waals surface area contributed by atoms with E-state index in [2.05, 4.69) is 69.1 Å². The topological polar surface area (TPSA) is 49.8 Å². The molecule has 1 aliphatic rings. The van der Waals surface area contributed by atoms with E-state index >= 15 is 0 Å². The second kappa shape index (κ2) is 6.58. The van der Waals surface area contributed by atoms with Crippen molar-refractivity contribution in [2.24, 2.45) is 5.73 Å². The Morgan fingerprint density at radius 3 is 2.08 bits per heavy atom. The van der Waals surface area contributed by atoms with Crippen LogP contribution in [0.2, 0.25) is 0 Å². The van der Waals surface area contributed by atoms with Crippen molar-refractivity contribution in [1.29, 1.82) is 5.26 Å². The fourth-order valence-electron chi connectivity index (χ4n) is 3.20. The highest BCUT2D eigenvalue weighted by Gasteiger charge is 2.37. The Morgan fingerprint density at radius 1 is 1.00 bits per heavy atom. The number of halogens is 2. The van der Waals surface area contributed by atoms with Gasteiger partial charge in [0.25, 0.3) is 0 Å². The molecule has 0 aromatic heterocycles. The number of rotatable bonds is 2. The standard InChI is InChI=1S/C20H16Br2N2/c1-20(15-4-8-17(22)9-5-15)11-14(10-19(24)18(20)12-23)13-2-6-16(21)7-3-13/h2-10H,11,24H2,1H3. The number of nitriles is 1. The Hall–Kier alpha value is -1.83. The Kier molecular flexibility index (Phi) is 4.67. The van der Waals surface area contributed by atoms with E-state index in [1.807, 2.05) is 30.3 Å². The molecule has 0 saturated carbocycles. The van der Waals surface area contributed by atoms with E-state index < -0.39 is 5.41 Å². The second-order valence-corrected chi connectivity index (χ2v) is 7.97. The average Bonchev–Trinajstić information content (AvgIpc) is 2.55. The van der Waals surface area contributed by atoms with Gasteiger partial charge in [0.05, 0.1) is 11.6 Å². The van der Waals surface area contributed by atoms with Crippen LogP contribution in [0.4, 0.5) is 0 Å². The van der Waals surface area contributed by atoms with E-state index in [1.54, 1.807) is 0 Å². The van der Waals surface area contributed by atoms with Crippen LogP contribution in [0.25, 0.3) is 5.57 Å². The van der Waals surface area contributed by atoms with Gasteiger partial charge in [-0.15, -0.1) is 0 Å². The number of hydrogen-bond donors (Lipinski definition) is 1. The van der Waals surface area contributed by atoms with Crippen molar-refractivity contribution >= 4 is 37.4 Å². The molecule has 24 heavy (non-hydrogen) atoms. The van der Waals surface area contributed by atoms with E-state index in [1.165, 1.54) is 0 Å². The van der Waals surface area contributed by atoms with Gasteiger partial charge >= 0.3 is 0 Å². The fourth-order valence-corrected chi connectivity index (χ4v) is 3.73. The lowest BCUT2D eigenvalue weighted by Crippen LogP contribution is -2.30. The SMILES string of the molecule is CC1(c2ccc(Br)cc2)CC(c2ccc(Br)cc2)=CC(N)=C1C#N. The molecule has 120 valence electrons. The summed E-state index contributed by atoms with van der Waals surface area (Å²) in [6.07, 6.45) is 2.67. The smallest absolute Gasteiger partial charge is 0.0978 e. The van der Waals surface area contributed by atoms with Crippen LogP contribution in [0.5, 0.6) is 0 Å². The summed E-state index contributed by atoms with van der Waals surface area (Å²) in [6.45, 7) is 2.09. The molecule has 2 nitrogen and oxygen atoms in total. The summed E-state index contributed by atoms with van der Waals surface area (Å²) in [7, 11) is 0. The molecule has 0 fully saturated rings. The maximum atomic E-state index is 9.67. The van der Waals surface area contributed by atoms with Gasteiger partial charge in [0, 0.05) is 20.1 Å². The van der Waals surface area contributed by atoms with Gasteiger partial charge in [-0.25, -0.2) is 0 Å². The predicted octanol–water partition coefficient (Wildman–Crippen LogP) is 5.69. The molecule has 1 atom stereocenters. The second-order valence-electron chi connectivity index (χ2n) is 6.13. The molecular formula is C20H16Br2N2. The first-order valence-corrected chi connectivity index (χ1v) is 9.15. The normalized spacial score (nSPS) is 20.5. The molecule has 4 heteroatoms. The van der Waals surface area contributed by atoms with Gasteiger partial charge < -0.3 is 5.73 Å². The first-order chi connectivity index (χ1) is 11.4. The Balaban J connectivity index is 2.11. The zero-order valence-corrected chi connectivity index (χ0v) is 16.4. The number of allylic oxidation sites excluding steroid dienone is 3. The first-order valence-electron chi connectivity index (χ1n) is 7.57. The van der Waals surface area contributed by atoms with Gasteiger partial charge in [0.15, 0.2) is 0 Å². The molecule has 2 aromatic rings. The monoisotopic (exact) mass is 442 g/mol. The summed E-state index contributed by atoms with van der Waals surface area (Å²) in [5, 5.41) is 9.67. The molecule has 1 aliphatic carbocycles. The summed E-state index contributed by atoms with van der Waals surface area (Å²) in [4.78, 5) is 0. The molecule has 2 aromatic carbocycles. The molecule has 0 radical (unpaired) electrons. The third-order valence-corrected chi connectivity index (χ3v) is 5.58. The molecule has 0 bridgehead atoms. The molecule has 0 amide bonds. The maximum absolute atomic E-state index is 9.67. The molecule has 2 N–H and O–H groups in total. The number of nitrogens with zero attached hydrogens (tertiary/aromatic N) is 1. The lowest BCUT2D eigenvalue weighted by atomic mass is 9.68. The third-order valence-electron chi connectivity index (χ3n) is 4.52. The zero-order valence-electron chi connectivity index (χ0n) is 13.2. The van der Waals surface area contributed by atoms with Gasteiger partial charge in [-0.05, 0) is 53.5 Å². The molecule has 0 heterocycles. The highest BCUT2D eigenvalue weighted by molar-refractivity contribution is 9.10. The van der Waals surface area contributed by atoms with Crippen molar-refractivity contribution < 1.29 is 0 Å². The van der Waals surface area contributed by atoms with Crippen LogP contribution in [0, 0.1) is 11.3 Å². The Labute approximate surface area is 158 Å². The van der Waals surface area contributed by atoms with Crippen LogP contribution in [0.1, 0.15) is 24.5 Å². The molecule has 0 spiro atoms. The van der Waals surface area contributed by atoms with Gasteiger partial charge in [0.1, 0.15) is 0 Å². The Bertz CT molecular complexity index is 871. The van der Waals surface area contributed by atoms with E-state index in [4.69, 9.17) is 5.73 Å². The predicted molar refractivity (Wildman–Crippen MR) is 105 cm³/mol. The van der Waals surface area contributed by atoms with E-state index in [-0.39, 0.29) is 0 Å². The largest absolute Gasteiger partial charge is 0.398 e. The van der Waals surface area contributed by atoms with Crippen molar-refractivity contribution in [3.05, 3.63) is 85.9 Å². The van der Waals surface area contributed by atoms with Gasteiger partial charge in [-0.2, -0.15) is 5.26 Å². The van der Waals surface area contributed by atoms with Crippen LogP contribution in [-0.4, -0.2) is 0 Å². The highest BCUT2D eigenvalue weighted by atomic mass is 79.9. The molecule has 0 aliphatic heterocycles. The zero-order chi connectivity index (χ0) is 17.3.